The van der Waals surface area contributed by atoms with Crippen LogP contribution in [0.3, 0.4) is 0 Å². The van der Waals surface area contributed by atoms with Gasteiger partial charge in [0.2, 0.25) is 0 Å². The zero-order chi connectivity index (χ0) is 13.3. The molecule has 0 heterocycles. The Balaban J connectivity index is 1.51. The van der Waals surface area contributed by atoms with Crippen molar-refractivity contribution in [3.63, 3.8) is 0 Å². The van der Waals surface area contributed by atoms with Crippen LogP contribution in [-0.4, -0.2) is 29.3 Å². The number of hydrogen-bond donors (Lipinski definition) is 1. The molecule has 19 heavy (non-hydrogen) atoms. The molecule has 0 spiro atoms. The summed E-state index contributed by atoms with van der Waals surface area (Å²) in [5.74, 6) is 2.89. The summed E-state index contributed by atoms with van der Waals surface area (Å²) in [5.41, 5.74) is 1.16. The van der Waals surface area contributed by atoms with Crippen molar-refractivity contribution in [2.45, 2.75) is 38.4 Å². The first kappa shape index (κ1) is 14.9. The van der Waals surface area contributed by atoms with Crippen LogP contribution in [-0.2, 0) is 11.3 Å². The third-order valence-corrected chi connectivity index (χ3v) is 4.89. The van der Waals surface area contributed by atoms with Gasteiger partial charge in [-0.3, -0.25) is 0 Å². The van der Waals surface area contributed by atoms with Crippen LogP contribution in [0.25, 0.3) is 0 Å². The van der Waals surface area contributed by atoms with Gasteiger partial charge in [-0.2, -0.15) is 11.8 Å². The van der Waals surface area contributed by atoms with Gasteiger partial charge in [0.1, 0.15) is 0 Å². The Hall–Kier alpha value is -0.510. The maximum Gasteiger partial charge on any atom is 0.0863 e. The Labute approximate surface area is 120 Å². The maximum atomic E-state index is 9.86. The van der Waals surface area contributed by atoms with Crippen LogP contribution >= 0.6 is 11.8 Å². The summed E-state index contributed by atoms with van der Waals surface area (Å²) in [6.07, 6.45) is 5.22. The van der Waals surface area contributed by atoms with Crippen molar-refractivity contribution in [2.24, 2.45) is 5.92 Å². The second-order valence-corrected chi connectivity index (χ2v) is 6.42. The van der Waals surface area contributed by atoms with E-state index < -0.39 is 0 Å². The lowest BCUT2D eigenvalue weighted by atomic mass is 10.1. The molecule has 0 amide bonds. The molecule has 0 radical (unpaired) electrons. The normalized spacial score (nSPS) is 17.7. The fourth-order valence-corrected chi connectivity index (χ4v) is 3.65. The van der Waals surface area contributed by atoms with Crippen LogP contribution in [0.5, 0.6) is 0 Å². The zero-order valence-electron chi connectivity index (χ0n) is 11.5. The molecule has 3 heteroatoms. The lowest BCUT2D eigenvalue weighted by Crippen LogP contribution is -2.18. The molecular weight excluding hydrogens is 256 g/mol. The van der Waals surface area contributed by atoms with Crippen molar-refractivity contribution in [3.05, 3.63) is 35.9 Å². The molecule has 1 atom stereocenters. The van der Waals surface area contributed by atoms with E-state index in [4.69, 9.17) is 4.74 Å². The van der Waals surface area contributed by atoms with E-state index in [0.29, 0.717) is 13.2 Å². The predicted octanol–water partition coefficient (Wildman–Crippen LogP) is 3.49. The quantitative estimate of drug-likeness (QED) is 0.790. The second-order valence-electron chi connectivity index (χ2n) is 5.34. The van der Waals surface area contributed by atoms with Crippen LogP contribution in [0.2, 0.25) is 0 Å². The van der Waals surface area contributed by atoms with E-state index in [1.165, 1.54) is 31.4 Å². The van der Waals surface area contributed by atoms with Gasteiger partial charge in [0.05, 0.1) is 19.3 Å². The van der Waals surface area contributed by atoms with E-state index in [-0.39, 0.29) is 6.10 Å². The lowest BCUT2D eigenvalue weighted by molar-refractivity contribution is 0.0398. The summed E-state index contributed by atoms with van der Waals surface area (Å²) in [4.78, 5) is 0. The average Bonchev–Trinajstić information content (AvgIpc) is 2.93. The lowest BCUT2D eigenvalue weighted by Gasteiger charge is -2.13. The van der Waals surface area contributed by atoms with Gasteiger partial charge >= 0.3 is 0 Å². The first-order valence-corrected chi connectivity index (χ1v) is 8.37. The first-order chi connectivity index (χ1) is 9.34. The summed E-state index contributed by atoms with van der Waals surface area (Å²) in [5, 5.41) is 9.86. The molecule has 0 aliphatic heterocycles. The fourth-order valence-electron chi connectivity index (χ4n) is 2.48. The molecule has 1 unspecified atom stereocenters. The van der Waals surface area contributed by atoms with Crippen molar-refractivity contribution in [2.75, 3.05) is 18.1 Å². The van der Waals surface area contributed by atoms with Gasteiger partial charge < -0.3 is 9.84 Å². The van der Waals surface area contributed by atoms with Gasteiger partial charge in [-0.1, -0.05) is 43.2 Å². The highest BCUT2D eigenvalue weighted by atomic mass is 32.2. The Bertz CT molecular complexity index is 336. The van der Waals surface area contributed by atoms with E-state index in [9.17, 15) is 5.11 Å². The number of thioether (sulfide) groups is 1. The molecule has 1 saturated carbocycles. The molecule has 1 aromatic rings. The highest BCUT2D eigenvalue weighted by Crippen LogP contribution is 2.27. The SMILES string of the molecule is OC(COCc1ccccc1)CSCC1CCCC1. The van der Waals surface area contributed by atoms with Crippen LogP contribution in [0, 0.1) is 5.92 Å². The van der Waals surface area contributed by atoms with Crippen molar-refractivity contribution in [1.82, 2.24) is 0 Å². The molecule has 106 valence electrons. The summed E-state index contributed by atoms with van der Waals surface area (Å²) in [7, 11) is 0. The monoisotopic (exact) mass is 280 g/mol. The Morgan fingerprint density at radius 2 is 1.95 bits per heavy atom. The number of benzene rings is 1. The Kier molecular flexibility index (Phi) is 6.75. The van der Waals surface area contributed by atoms with Crippen molar-refractivity contribution >= 4 is 11.8 Å². The third-order valence-electron chi connectivity index (χ3n) is 3.56. The summed E-state index contributed by atoms with van der Waals surface area (Å²) >= 11 is 1.87. The van der Waals surface area contributed by atoms with Crippen LogP contribution in [0.4, 0.5) is 0 Å². The minimum Gasteiger partial charge on any atom is -0.390 e. The van der Waals surface area contributed by atoms with Gasteiger partial charge in [-0.05, 0) is 30.1 Å². The second kappa shape index (κ2) is 8.62. The molecule has 0 saturated heterocycles. The van der Waals surface area contributed by atoms with E-state index in [0.717, 1.165) is 17.2 Å². The summed E-state index contributed by atoms with van der Waals surface area (Å²) < 4.78 is 5.54. The van der Waals surface area contributed by atoms with E-state index in [2.05, 4.69) is 0 Å². The van der Waals surface area contributed by atoms with E-state index >= 15 is 0 Å². The molecule has 1 fully saturated rings. The molecule has 2 rings (SSSR count). The molecular formula is C16H24O2S. The Morgan fingerprint density at radius 3 is 2.68 bits per heavy atom. The topological polar surface area (TPSA) is 29.5 Å². The third kappa shape index (κ3) is 5.98. The minimum atomic E-state index is -0.338. The predicted molar refractivity (Wildman–Crippen MR) is 81.4 cm³/mol. The van der Waals surface area contributed by atoms with E-state index in [1.54, 1.807) is 0 Å². The molecule has 1 N–H and O–H groups in total. The van der Waals surface area contributed by atoms with Gasteiger partial charge in [-0.25, -0.2) is 0 Å². The average molecular weight is 280 g/mol. The van der Waals surface area contributed by atoms with Crippen LogP contribution in [0.1, 0.15) is 31.2 Å². The summed E-state index contributed by atoms with van der Waals surface area (Å²) in [6.45, 7) is 1.03. The number of aliphatic hydroxyl groups is 1. The van der Waals surface area contributed by atoms with Gasteiger partial charge in [0, 0.05) is 5.75 Å². The number of aliphatic hydroxyl groups excluding tert-OH is 1. The molecule has 0 aromatic heterocycles. The standard InChI is InChI=1S/C16H24O2S/c17-16(13-19-12-15-8-4-5-9-15)11-18-10-14-6-2-1-3-7-14/h1-3,6-7,15-17H,4-5,8-13H2. The summed E-state index contributed by atoms with van der Waals surface area (Å²) in [6, 6.07) is 10.1. The largest absolute Gasteiger partial charge is 0.390 e. The van der Waals surface area contributed by atoms with Crippen molar-refractivity contribution in [1.29, 1.82) is 0 Å². The van der Waals surface area contributed by atoms with Crippen LogP contribution < -0.4 is 0 Å². The molecule has 1 aliphatic carbocycles. The van der Waals surface area contributed by atoms with Gasteiger partial charge in [0.25, 0.3) is 0 Å². The number of ether oxygens (including phenoxy) is 1. The van der Waals surface area contributed by atoms with Gasteiger partial charge in [-0.15, -0.1) is 0 Å². The fraction of sp³-hybridized carbons (Fsp3) is 0.625. The van der Waals surface area contributed by atoms with E-state index in [1.807, 2.05) is 42.1 Å². The Morgan fingerprint density at radius 1 is 1.21 bits per heavy atom. The molecule has 1 aromatic carbocycles. The first-order valence-electron chi connectivity index (χ1n) is 7.22. The zero-order valence-corrected chi connectivity index (χ0v) is 12.3. The van der Waals surface area contributed by atoms with Crippen LogP contribution in [0.15, 0.2) is 30.3 Å². The molecule has 1 aliphatic rings. The minimum absolute atomic E-state index is 0.338. The highest BCUT2D eigenvalue weighted by Gasteiger charge is 2.15. The number of rotatable bonds is 8. The van der Waals surface area contributed by atoms with Crippen molar-refractivity contribution in [3.8, 4) is 0 Å². The maximum absolute atomic E-state index is 9.86. The molecule has 0 bridgehead atoms. The number of hydrogen-bond acceptors (Lipinski definition) is 3. The molecule has 2 nitrogen and oxygen atoms in total. The van der Waals surface area contributed by atoms with Crippen molar-refractivity contribution < 1.29 is 9.84 Å². The van der Waals surface area contributed by atoms with Gasteiger partial charge in [0.15, 0.2) is 0 Å². The smallest absolute Gasteiger partial charge is 0.0863 e. The highest BCUT2D eigenvalue weighted by molar-refractivity contribution is 7.99.